The molecule has 14 heavy (non-hydrogen) atoms. The van der Waals surface area contributed by atoms with Crippen LogP contribution in [-0.2, 0) is 17.3 Å². The summed E-state index contributed by atoms with van der Waals surface area (Å²) >= 11 is 0. The van der Waals surface area contributed by atoms with Crippen molar-refractivity contribution in [3.8, 4) is 0 Å². The van der Waals surface area contributed by atoms with Crippen LogP contribution in [-0.4, -0.2) is 20.8 Å². The molecule has 0 saturated carbocycles. The Morgan fingerprint density at radius 3 is 2.86 bits per heavy atom. The molecule has 0 amide bonds. The second-order valence-corrected chi connectivity index (χ2v) is 4.68. The molecule has 4 nitrogen and oxygen atoms in total. The molecule has 2 N–H and O–H groups in total. The van der Waals surface area contributed by atoms with Crippen LogP contribution in [0.4, 0.5) is 5.69 Å². The molecule has 1 unspecified atom stereocenters. The molecule has 0 fully saturated rings. The smallest absolute Gasteiger partial charge is 0.250 e. The standard InChI is InChI=1S/C9H14N2O2S/c1-14(13)6-2-5-11-7-8(10)3-4-9(11)12/h3-4,7H,2,5-6,10H2,1H3. The summed E-state index contributed by atoms with van der Waals surface area (Å²) in [4.78, 5) is 11.3. The van der Waals surface area contributed by atoms with Crippen molar-refractivity contribution in [2.75, 3.05) is 17.7 Å². The van der Waals surface area contributed by atoms with Crippen molar-refractivity contribution in [2.45, 2.75) is 13.0 Å². The topological polar surface area (TPSA) is 65.1 Å². The second kappa shape index (κ2) is 4.95. The van der Waals surface area contributed by atoms with Crippen molar-refractivity contribution < 1.29 is 4.21 Å². The SMILES string of the molecule is CS(=O)CCCn1cc(N)ccc1=O. The first-order valence-corrected chi connectivity index (χ1v) is 6.08. The first-order chi connectivity index (χ1) is 6.59. The van der Waals surface area contributed by atoms with Gasteiger partial charge >= 0.3 is 0 Å². The lowest BCUT2D eigenvalue weighted by Gasteiger charge is -2.04. The molecule has 5 heteroatoms. The largest absolute Gasteiger partial charge is 0.398 e. The van der Waals surface area contributed by atoms with Crippen molar-refractivity contribution in [2.24, 2.45) is 0 Å². The van der Waals surface area contributed by atoms with Crippen LogP contribution in [0.3, 0.4) is 0 Å². The summed E-state index contributed by atoms with van der Waals surface area (Å²) < 4.78 is 12.3. The molecular formula is C9H14N2O2S. The van der Waals surface area contributed by atoms with Crippen molar-refractivity contribution in [1.82, 2.24) is 4.57 Å². The van der Waals surface area contributed by atoms with E-state index in [0.717, 1.165) is 6.42 Å². The molecular weight excluding hydrogens is 200 g/mol. The quantitative estimate of drug-likeness (QED) is 0.778. The van der Waals surface area contributed by atoms with E-state index >= 15 is 0 Å². The predicted molar refractivity (Wildman–Crippen MR) is 58.7 cm³/mol. The predicted octanol–water partition coefficient (Wildman–Crippen LogP) is 0.199. The fourth-order valence-electron chi connectivity index (χ4n) is 1.16. The van der Waals surface area contributed by atoms with Crippen LogP contribution < -0.4 is 11.3 Å². The average Bonchev–Trinajstić information content (AvgIpc) is 2.10. The summed E-state index contributed by atoms with van der Waals surface area (Å²) in [6.07, 6.45) is 4.00. The third-order valence-electron chi connectivity index (χ3n) is 1.84. The minimum absolute atomic E-state index is 0.0684. The highest BCUT2D eigenvalue weighted by Crippen LogP contribution is 1.97. The Hall–Kier alpha value is -1.10. The van der Waals surface area contributed by atoms with Gasteiger partial charge in [-0.3, -0.25) is 9.00 Å². The number of nitrogens with two attached hydrogens (primary N) is 1. The van der Waals surface area contributed by atoms with E-state index in [1.54, 1.807) is 23.1 Å². The lowest BCUT2D eigenvalue weighted by atomic mass is 10.4. The molecule has 0 bridgehead atoms. The number of nitrogens with zero attached hydrogens (tertiary/aromatic N) is 1. The molecule has 1 heterocycles. The van der Waals surface area contributed by atoms with E-state index in [0.29, 0.717) is 18.0 Å². The summed E-state index contributed by atoms with van der Waals surface area (Å²) in [5, 5.41) is 0. The maximum Gasteiger partial charge on any atom is 0.250 e. The summed E-state index contributed by atoms with van der Waals surface area (Å²) in [5.41, 5.74) is 6.04. The highest BCUT2D eigenvalue weighted by Gasteiger charge is 1.97. The highest BCUT2D eigenvalue weighted by atomic mass is 32.2. The van der Waals surface area contributed by atoms with Crippen LogP contribution in [0.25, 0.3) is 0 Å². The third kappa shape index (κ3) is 3.33. The van der Waals surface area contributed by atoms with Gasteiger partial charge in [-0.25, -0.2) is 0 Å². The van der Waals surface area contributed by atoms with E-state index in [2.05, 4.69) is 0 Å². The first-order valence-electron chi connectivity index (χ1n) is 4.35. The molecule has 0 aromatic carbocycles. The first kappa shape index (κ1) is 11.0. The van der Waals surface area contributed by atoms with Crippen molar-refractivity contribution in [3.63, 3.8) is 0 Å². The van der Waals surface area contributed by atoms with Gasteiger partial charge in [0.05, 0.1) is 0 Å². The van der Waals surface area contributed by atoms with Gasteiger partial charge < -0.3 is 10.3 Å². The maximum atomic E-state index is 11.3. The van der Waals surface area contributed by atoms with Crippen molar-refractivity contribution >= 4 is 16.5 Å². The fraction of sp³-hybridized carbons (Fsp3) is 0.444. The second-order valence-electron chi connectivity index (χ2n) is 3.12. The Labute approximate surface area is 85.2 Å². The van der Waals surface area contributed by atoms with Crippen LogP contribution in [0.2, 0.25) is 0 Å². The van der Waals surface area contributed by atoms with Gasteiger partial charge in [0.2, 0.25) is 0 Å². The van der Waals surface area contributed by atoms with E-state index in [1.165, 1.54) is 6.07 Å². The van der Waals surface area contributed by atoms with Crippen LogP contribution in [0, 0.1) is 0 Å². The Balaban J connectivity index is 2.62. The molecule has 78 valence electrons. The number of hydrogen-bond acceptors (Lipinski definition) is 3. The van der Waals surface area contributed by atoms with Gasteiger partial charge in [-0.2, -0.15) is 0 Å². The van der Waals surface area contributed by atoms with Gasteiger partial charge in [-0.1, -0.05) is 0 Å². The van der Waals surface area contributed by atoms with Crippen molar-refractivity contribution in [3.05, 3.63) is 28.7 Å². The minimum atomic E-state index is -0.798. The van der Waals surface area contributed by atoms with E-state index in [4.69, 9.17) is 5.73 Å². The molecule has 0 aliphatic carbocycles. The molecule has 0 spiro atoms. The van der Waals surface area contributed by atoms with Gasteiger partial charge in [0.15, 0.2) is 0 Å². The molecule has 0 saturated heterocycles. The lowest BCUT2D eigenvalue weighted by molar-refractivity contribution is 0.646. The number of aryl methyl sites for hydroxylation is 1. The summed E-state index contributed by atoms with van der Waals surface area (Å²) in [7, 11) is -0.798. The molecule has 1 rings (SSSR count). The number of aromatic nitrogens is 1. The average molecular weight is 214 g/mol. The van der Waals surface area contributed by atoms with E-state index in [-0.39, 0.29) is 5.56 Å². The third-order valence-corrected chi connectivity index (χ3v) is 2.70. The number of anilines is 1. The van der Waals surface area contributed by atoms with E-state index in [9.17, 15) is 9.00 Å². The van der Waals surface area contributed by atoms with E-state index < -0.39 is 10.8 Å². The zero-order valence-electron chi connectivity index (χ0n) is 8.10. The Kier molecular flexibility index (Phi) is 3.88. The van der Waals surface area contributed by atoms with Crippen LogP contribution in [0.15, 0.2) is 23.1 Å². The Morgan fingerprint density at radius 1 is 1.50 bits per heavy atom. The number of pyridine rings is 1. The molecule has 0 radical (unpaired) electrons. The number of nitrogen functional groups attached to an aromatic ring is 1. The Morgan fingerprint density at radius 2 is 2.21 bits per heavy atom. The molecule has 0 aliphatic rings. The van der Waals surface area contributed by atoms with Crippen LogP contribution >= 0.6 is 0 Å². The summed E-state index contributed by atoms with van der Waals surface area (Å²) in [6.45, 7) is 0.573. The number of rotatable bonds is 4. The zero-order chi connectivity index (χ0) is 10.6. The van der Waals surface area contributed by atoms with Crippen molar-refractivity contribution in [1.29, 1.82) is 0 Å². The maximum absolute atomic E-state index is 11.3. The van der Waals surface area contributed by atoms with Crippen LogP contribution in [0.1, 0.15) is 6.42 Å². The molecule has 1 atom stereocenters. The van der Waals surface area contributed by atoms with Gasteiger partial charge in [0.25, 0.3) is 5.56 Å². The van der Waals surface area contributed by atoms with Gasteiger partial charge in [-0.15, -0.1) is 0 Å². The van der Waals surface area contributed by atoms with Gasteiger partial charge in [0.1, 0.15) is 0 Å². The summed E-state index contributed by atoms with van der Waals surface area (Å²) in [6, 6.07) is 3.02. The highest BCUT2D eigenvalue weighted by molar-refractivity contribution is 7.84. The van der Waals surface area contributed by atoms with Crippen LogP contribution in [0.5, 0.6) is 0 Å². The molecule has 1 aromatic heterocycles. The molecule has 1 aromatic rings. The molecule has 0 aliphatic heterocycles. The number of hydrogen-bond donors (Lipinski definition) is 1. The minimum Gasteiger partial charge on any atom is -0.398 e. The monoisotopic (exact) mass is 214 g/mol. The Bertz CT molecular complexity index is 387. The van der Waals surface area contributed by atoms with Gasteiger partial charge in [0, 0.05) is 47.3 Å². The zero-order valence-corrected chi connectivity index (χ0v) is 8.92. The fourth-order valence-corrected chi connectivity index (χ4v) is 1.70. The lowest BCUT2D eigenvalue weighted by Crippen LogP contribution is -2.19. The summed E-state index contributed by atoms with van der Waals surface area (Å²) in [5.74, 6) is 0.612. The van der Waals surface area contributed by atoms with Gasteiger partial charge in [-0.05, 0) is 12.5 Å². The normalized spacial score (nSPS) is 12.6. The van der Waals surface area contributed by atoms with E-state index in [1.807, 2.05) is 0 Å².